The van der Waals surface area contributed by atoms with Crippen LogP contribution in [0.5, 0.6) is 0 Å². The van der Waals surface area contributed by atoms with Crippen LogP contribution in [0.3, 0.4) is 0 Å². The fraction of sp³-hybridized carbons (Fsp3) is 0.211. The normalized spacial score (nSPS) is 11.7. The minimum atomic E-state index is -3.80. The summed E-state index contributed by atoms with van der Waals surface area (Å²) in [6, 6.07) is 13.3. The van der Waals surface area contributed by atoms with Gasteiger partial charge in [0.1, 0.15) is 12.3 Å². The number of benzene rings is 2. The highest BCUT2D eigenvalue weighted by Crippen LogP contribution is 2.28. The highest BCUT2D eigenvalue weighted by Gasteiger charge is 2.14. The summed E-state index contributed by atoms with van der Waals surface area (Å²) >= 11 is 11.9. The van der Waals surface area contributed by atoms with Gasteiger partial charge in [-0.05, 0) is 31.2 Å². The van der Waals surface area contributed by atoms with Crippen molar-refractivity contribution in [3.63, 3.8) is 0 Å². The van der Waals surface area contributed by atoms with Crippen LogP contribution in [0.15, 0.2) is 57.9 Å². The Bertz CT molecular complexity index is 1050. The molecule has 9 heteroatoms. The van der Waals surface area contributed by atoms with E-state index >= 15 is 0 Å². The molecule has 1 heterocycles. The molecule has 2 aromatic carbocycles. The van der Waals surface area contributed by atoms with Crippen LogP contribution in [0.2, 0.25) is 10.0 Å². The molecule has 0 aliphatic carbocycles. The van der Waals surface area contributed by atoms with Crippen molar-refractivity contribution >= 4 is 33.3 Å². The first kappa shape index (κ1) is 20.8. The van der Waals surface area contributed by atoms with Crippen LogP contribution >= 0.6 is 23.2 Å². The van der Waals surface area contributed by atoms with Gasteiger partial charge in [-0.15, -0.1) is 0 Å². The summed E-state index contributed by atoms with van der Waals surface area (Å²) in [6.07, 6.45) is 0. The van der Waals surface area contributed by atoms with E-state index in [9.17, 15) is 8.42 Å². The lowest BCUT2D eigenvalue weighted by molar-refractivity contribution is 0.0763. The number of hydrogen-bond donors (Lipinski definition) is 0. The van der Waals surface area contributed by atoms with Gasteiger partial charge in [0, 0.05) is 11.6 Å². The first-order valence-corrected chi connectivity index (χ1v) is 10.5. The van der Waals surface area contributed by atoms with E-state index in [0.29, 0.717) is 21.5 Å². The van der Waals surface area contributed by atoms with Crippen LogP contribution in [0, 0.1) is 6.92 Å². The first-order chi connectivity index (χ1) is 13.3. The Labute approximate surface area is 173 Å². The summed E-state index contributed by atoms with van der Waals surface area (Å²) in [5.41, 5.74) is 2.32. The SMILES string of the molecule is Cc1ccc(S(=O)(=O)OCCOCc2cc(-c3ccc(Cl)c(Cl)c3)no2)cc1. The number of hydrogen-bond acceptors (Lipinski definition) is 6. The summed E-state index contributed by atoms with van der Waals surface area (Å²) in [4.78, 5) is 0.111. The van der Waals surface area contributed by atoms with E-state index in [-0.39, 0.29) is 24.7 Å². The van der Waals surface area contributed by atoms with E-state index in [0.717, 1.165) is 11.1 Å². The fourth-order valence-electron chi connectivity index (χ4n) is 2.32. The Morgan fingerprint density at radius 2 is 1.75 bits per heavy atom. The van der Waals surface area contributed by atoms with Gasteiger partial charge in [0.15, 0.2) is 5.76 Å². The van der Waals surface area contributed by atoms with Crippen LogP contribution in [0.25, 0.3) is 11.3 Å². The molecule has 28 heavy (non-hydrogen) atoms. The predicted octanol–water partition coefficient (Wildman–Crippen LogP) is 4.88. The van der Waals surface area contributed by atoms with Crippen molar-refractivity contribution in [2.45, 2.75) is 18.4 Å². The topological polar surface area (TPSA) is 78.6 Å². The molecule has 0 atom stereocenters. The van der Waals surface area contributed by atoms with E-state index < -0.39 is 10.1 Å². The predicted molar refractivity (Wildman–Crippen MR) is 106 cm³/mol. The molecule has 0 radical (unpaired) electrons. The highest BCUT2D eigenvalue weighted by atomic mass is 35.5. The summed E-state index contributed by atoms with van der Waals surface area (Å²) < 4.78 is 39.7. The Morgan fingerprint density at radius 3 is 2.46 bits per heavy atom. The largest absolute Gasteiger partial charge is 0.371 e. The summed E-state index contributed by atoms with van der Waals surface area (Å²) in [5, 5.41) is 4.84. The standard InChI is InChI=1S/C19H17Cl2NO5S/c1-13-2-5-16(6-3-13)28(23,24)26-9-8-25-12-15-11-19(22-27-15)14-4-7-17(20)18(21)10-14/h2-7,10-11H,8-9,12H2,1H3. The molecule has 0 aliphatic rings. The minimum Gasteiger partial charge on any atom is -0.371 e. The lowest BCUT2D eigenvalue weighted by atomic mass is 10.1. The molecule has 0 saturated heterocycles. The highest BCUT2D eigenvalue weighted by molar-refractivity contribution is 7.86. The van der Waals surface area contributed by atoms with Gasteiger partial charge >= 0.3 is 0 Å². The number of aryl methyl sites for hydroxylation is 1. The molecular weight excluding hydrogens is 425 g/mol. The molecule has 0 fully saturated rings. The van der Waals surface area contributed by atoms with E-state index in [1.54, 1.807) is 36.4 Å². The molecule has 1 aromatic heterocycles. The second-order valence-electron chi connectivity index (χ2n) is 5.95. The van der Waals surface area contributed by atoms with Crippen molar-refractivity contribution in [3.05, 3.63) is 69.9 Å². The van der Waals surface area contributed by atoms with E-state index in [1.165, 1.54) is 12.1 Å². The zero-order valence-corrected chi connectivity index (χ0v) is 17.2. The maximum atomic E-state index is 12.1. The van der Waals surface area contributed by atoms with Crippen LogP contribution in [-0.2, 0) is 25.6 Å². The van der Waals surface area contributed by atoms with Gasteiger partial charge in [-0.3, -0.25) is 4.18 Å². The van der Waals surface area contributed by atoms with Gasteiger partial charge in [-0.2, -0.15) is 8.42 Å². The molecule has 0 N–H and O–H groups in total. The van der Waals surface area contributed by atoms with Crippen molar-refractivity contribution in [1.29, 1.82) is 0 Å². The smallest absolute Gasteiger partial charge is 0.297 e. The lowest BCUT2D eigenvalue weighted by Crippen LogP contribution is -2.11. The second kappa shape index (κ2) is 9.07. The third-order valence-corrected chi connectivity index (χ3v) is 5.86. The molecular formula is C19H17Cl2NO5S. The number of aromatic nitrogens is 1. The maximum absolute atomic E-state index is 12.1. The fourth-order valence-corrected chi connectivity index (χ4v) is 3.51. The van der Waals surface area contributed by atoms with Gasteiger partial charge in [-0.25, -0.2) is 0 Å². The van der Waals surface area contributed by atoms with Crippen molar-refractivity contribution in [2.24, 2.45) is 0 Å². The van der Waals surface area contributed by atoms with Gasteiger partial charge in [0.2, 0.25) is 0 Å². The van der Waals surface area contributed by atoms with Crippen molar-refractivity contribution < 1.29 is 21.9 Å². The Hall–Kier alpha value is -1.90. The quantitative estimate of drug-likeness (QED) is 0.366. The third-order valence-electron chi connectivity index (χ3n) is 3.79. The molecule has 6 nitrogen and oxygen atoms in total. The number of nitrogens with zero attached hydrogens (tertiary/aromatic N) is 1. The first-order valence-electron chi connectivity index (χ1n) is 8.30. The van der Waals surface area contributed by atoms with Gasteiger partial charge in [0.05, 0.1) is 28.2 Å². The molecule has 0 spiro atoms. The van der Waals surface area contributed by atoms with Crippen LogP contribution in [-0.4, -0.2) is 26.8 Å². The third kappa shape index (κ3) is 5.33. The Morgan fingerprint density at radius 1 is 1.00 bits per heavy atom. The van der Waals surface area contributed by atoms with E-state index in [4.69, 9.17) is 36.6 Å². The van der Waals surface area contributed by atoms with Crippen molar-refractivity contribution in [1.82, 2.24) is 5.16 Å². The lowest BCUT2D eigenvalue weighted by Gasteiger charge is -2.06. The number of rotatable bonds is 8. The number of halogens is 2. The summed E-state index contributed by atoms with van der Waals surface area (Å²) in [7, 11) is -3.80. The average Bonchev–Trinajstić information content (AvgIpc) is 3.13. The van der Waals surface area contributed by atoms with Gasteiger partial charge in [0.25, 0.3) is 10.1 Å². The van der Waals surface area contributed by atoms with Crippen molar-refractivity contribution in [2.75, 3.05) is 13.2 Å². The second-order valence-corrected chi connectivity index (χ2v) is 8.38. The monoisotopic (exact) mass is 441 g/mol. The van der Waals surface area contributed by atoms with E-state index in [2.05, 4.69) is 5.16 Å². The zero-order valence-electron chi connectivity index (χ0n) is 14.9. The van der Waals surface area contributed by atoms with Gasteiger partial charge in [-0.1, -0.05) is 52.1 Å². The Balaban J connectivity index is 1.47. The van der Waals surface area contributed by atoms with Crippen molar-refractivity contribution in [3.8, 4) is 11.3 Å². The summed E-state index contributed by atoms with van der Waals surface area (Å²) in [5.74, 6) is 0.488. The average molecular weight is 442 g/mol. The minimum absolute atomic E-state index is 0.0773. The molecule has 0 bridgehead atoms. The summed E-state index contributed by atoms with van der Waals surface area (Å²) in [6.45, 7) is 1.97. The van der Waals surface area contributed by atoms with Crippen LogP contribution in [0.4, 0.5) is 0 Å². The van der Waals surface area contributed by atoms with Crippen LogP contribution < -0.4 is 0 Å². The molecule has 0 aliphatic heterocycles. The Kier molecular flexibility index (Phi) is 6.74. The molecule has 3 aromatic rings. The number of ether oxygens (including phenoxy) is 1. The molecule has 0 unspecified atom stereocenters. The van der Waals surface area contributed by atoms with Crippen LogP contribution in [0.1, 0.15) is 11.3 Å². The molecule has 0 amide bonds. The maximum Gasteiger partial charge on any atom is 0.297 e. The van der Waals surface area contributed by atoms with Gasteiger partial charge < -0.3 is 9.26 Å². The van der Waals surface area contributed by atoms with E-state index in [1.807, 2.05) is 6.92 Å². The molecule has 148 valence electrons. The molecule has 0 saturated carbocycles. The molecule has 3 rings (SSSR count). The zero-order chi connectivity index (χ0) is 20.1.